The molecule has 0 aliphatic heterocycles. The number of para-hydroxylation sites is 1. The Morgan fingerprint density at radius 3 is 1.85 bits per heavy atom. The molecule has 0 aliphatic rings. The second kappa shape index (κ2) is 13.1. The Balaban J connectivity index is 2.05. The van der Waals surface area contributed by atoms with Crippen molar-refractivity contribution >= 4 is 20.2 Å². The zero-order chi connectivity index (χ0) is 24.3. The number of ether oxygens (including phenoxy) is 1. The number of unbranched alkanes of at least 4 members (excludes halogenated alkanes) is 9. The third-order valence-corrected chi connectivity index (χ3v) is 7.23. The van der Waals surface area contributed by atoms with E-state index >= 15 is 0 Å². The lowest BCUT2D eigenvalue weighted by atomic mass is 10.0. The Morgan fingerprint density at radius 2 is 1.27 bits per heavy atom. The highest BCUT2D eigenvalue weighted by atomic mass is 32.2. The first-order valence-electron chi connectivity index (χ1n) is 11.5. The Labute approximate surface area is 197 Å². The van der Waals surface area contributed by atoms with Crippen molar-refractivity contribution in [2.45, 2.75) is 87.3 Å². The molecule has 0 atom stereocenters. The Bertz CT molecular complexity index is 1090. The predicted octanol–water partition coefficient (Wildman–Crippen LogP) is 6.44. The van der Waals surface area contributed by atoms with Gasteiger partial charge in [0.1, 0.15) is 16.4 Å². The van der Waals surface area contributed by atoms with E-state index in [9.17, 15) is 25.9 Å². The lowest BCUT2D eigenvalue weighted by Crippen LogP contribution is -2.03. The van der Waals surface area contributed by atoms with E-state index in [4.69, 9.17) is 4.74 Å². The summed E-state index contributed by atoms with van der Waals surface area (Å²) in [6, 6.07) is 9.56. The molecule has 0 bridgehead atoms. The normalized spacial score (nSPS) is 12.1. The van der Waals surface area contributed by atoms with Crippen LogP contribution < -0.4 is 4.74 Å². The van der Waals surface area contributed by atoms with Gasteiger partial charge in [-0.2, -0.15) is 16.8 Å². The summed E-state index contributed by atoms with van der Waals surface area (Å²) < 4.78 is 71.1. The molecule has 0 aromatic heterocycles. The van der Waals surface area contributed by atoms with Crippen LogP contribution in [0.1, 0.15) is 76.7 Å². The molecule has 0 radical (unpaired) electrons. The highest BCUT2D eigenvalue weighted by molar-refractivity contribution is 7.86. The van der Waals surface area contributed by atoms with Gasteiger partial charge >= 0.3 is 0 Å². The largest absolute Gasteiger partial charge is 0.456 e. The van der Waals surface area contributed by atoms with Crippen molar-refractivity contribution in [2.75, 3.05) is 0 Å². The monoisotopic (exact) mass is 498 g/mol. The van der Waals surface area contributed by atoms with E-state index in [-0.39, 0.29) is 16.4 Å². The maximum atomic E-state index is 11.7. The van der Waals surface area contributed by atoms with Crippen LogP contribution in [0.4, 0.5) is 0 Å². The van der Waals surface area contributed by atoms with Gasteiger partial charge < -0.3 is 4.74 Å². The summed E-state index contributed by atoms with van der Waals surface area (Å²) in [7, 11) is -9.00. The van der Waals surface area contributed by atoms with Crippen LogP contribution in [0.5, 0.6) is 11.5 Å². The summed E-state index contributed by atoms with van der Waals surface area (Å²) in [6.45, 7) is 2.21. The number of benzene rings is 2. The fraction of sp³-hybridized carbons (Fsp3) is 0.500. The van der Waals surface area contributed by atoms with Gasteiger partial charge in [0.15, 0.2) is 0 Å². The van der Waals surface area contributed by atoms with Crippen molar-refractivity contribution in [1.29, 1.82) is 0 Å². The first kappa shape index (κ1) is 27.3. The molecule has 9 heteroatoms. The molecule has 0 aliphatic carbocycles. The molecule has 0 saturated heterocycles. The first-order valence-corrected chi connectivity index (χ1v) is 14.4. The zero-order valence-corrected chi connectivity index (χ0v) is 20.7. The fourth-order valence-corrected chi connectivity index (χ4v) is 4.78. The van der Waals surface area contributed by atoms with Gasteiger partial charge in [-0.15, -0.1) is 0 Å². The predicted molar refractivity (Wildman–Crippen MR) is 128 cm³/mol. The average molecular weight is 499 g/mol. The standard InChI is InChI=1S/C24H34O7S2/c1-2-3-4-5-6-7-8-9-10-11-14-20-17-18-21(32(25,26)27)19-23(20)31-22-15-12-13-16-24(22)33(28,29)30/h12-13,15-19H,2-11,14H2,1H3,(H,25,26,27)(H,28,29,30). The van der Waals surface area contributed by atoms with Crippen LogP contribution in [0.15, 0.2) is 52.3 Å². The molecule has 7 nitrogen and oxygen atoms in total. The van der Waals surface area contributed by atoms with Gasteiger partial charge in [0.25, 0.3) is 20.2 Å². The second-order valence-corrected chi connectivity index (χ2v) is 11.0. The zero-order valence-electron chi connectivity index (χ0n) is 19.1. The van der Waals surface area contributed by atoms with E-state index in [0.29, 0.717) is 12.0 Å². The minimum Gasteiger partial charge on any atom is -0.456 e. The Kier molecular flexibility index (Phi) is 10.8. The van der Waals surface area contributed by atoms with Crippen LogP contribution in [0.2, 0.25) is 0 Å². The van der Waals surface area contributed by atoms with Crippen molar-refractivity contribution in [1.82, 2.24) is 0 Å². The SMILES string of the molecule is CCCCCCCCCCCCc1ccc(S(=O)(=O)O)cc1Oc1ccccc1S(=O)(=O)O. The van der Waals surface area contributed by atoms with Gasteiger partial charge in [-0.3, -0.25) is 9.11 Å². The van der Waals surface area contributed by atoms with Crippen molar-refractivity contribution in [3.8, 4) is 11.5 Å². The number of aryl methyl sites for hydroxylation is 1. The Morgan fingerprint density at radius 1 is 0.697 bits per heavy atom. The summed E-state index contributed by atoms with van der Waals surface area (Å²) in [5, 5.41) is 0. The van der Waals surface area contributed by atoms with E-state index in [1.807, 2.05) is 0 Å². The van der Waals surface area contributed by atoms with Gasteiger partial charge in [-0.25, -0.2) is 0 Å². The van der Waals surface area contributed by atoms with E-state index in [1.54, 1.807) is 12.1 Å². The molecular weight excluding hydrogens is 464 g/mol. The van der Waals surface area contributed by atoms with E-state index < -0.39 is 25.1 Å². The summed E-state index contributed by atoms with van der Waals surface area (Å²) >= 11 is 0. The summed E-state index contributed by atoms with van der Waals surface area (Å²) in [5.41, 5.74) is 0.687. The number of hydrogen-bond donors (Lipinski definition) is 2. The molecule has 2 aromatic carbocycles. The lowest BCUT2D eigenvalue weighted by Gasteiger charge is -2.14. The van der Waals surface area contributed by atoms with Gasteiger partial charge in [0.2, 0.25) is 0 Å². The van der Waals surface area contributed by atoms with Gasteiger partial charge in [-0.05, 0) is 36.6 Å². The second-order valence-electron chi connectivity index (χ2n) is 8.20. The van der Waals surface area contributed by atoms with Crippen LogP contribution in [0.3, 0.4) is 0 Å². The quantitative estimate of drug-likeness (QED) is 0.214. The topological polar surface area (TPSA) is 118 Å². The maximum absolute atomic E-state index is 11.7. The van der Waals surface area contributed by atoms with Gasteiger partial charge in [0, 0.05) is 6.07 Å². The van der Waals surface area contributed by atoms with Gasteiger partial charge in [-0.1, -0.05) is 82.9 Å². The van der Waals surface area contributed by atoms with E-state index in [0.717, 1.165) is 19.3 Å². The third kappa shape index (κ3) is 9.44. The summed E-state index contributed by atoms with van der Waals surface area (Å²) in [4.78, 5) is -0.777. The molecule has 184 valence electrons. The molecule has 0 heterocycles. The molecule has 2 rings (SSSR count). The third-order valence-electron chi connectivity index (χ3n) is 5.48. The van der Waals surface area contributed by atoms with Crippen LogP contribution in [0, 0.1) is 0 Å². The van der Waals surface area contributed by atoms with Crippen molar-refractivity contribution in [3.05, 3.63) is 48.0 Å². The first-order chi connectivity index (χ1) is 15.6. The molecule has 0 spiro atoms. The highest BCUT2D eigenvalue weighted by Crippen LogP contribution is 2.33. The molecule has 0 fully saturated rings. The van der Waals surface area contributed by atoms with Crippen molar-refractivity contribution in [3.63, 3.8) is 0 Å². The van der Waals surface area contributed by atoms with Crippen LogP contribution >= 0.6 is 0 Å². The average Bonchev–Trinajstić information content (AvgIpc) is 2.75. The summed E-state index contributed by atoms with van der Waals surface area (Å²) in [5.74, 6) is -0.00559. The number of rotatable bonds is 15. The van der Waals surface area contributed by atoms with Crippen LogP contribution in [0.25, 0.3) is 0 Å². The minimum absolute atomic E-state index is 0.122. The van der Waals surface area contributed by atoms with Crippen molar-refractivity contribution in [2.24, 2.45) is 0 Å². The molecule has 0 unspecified atom stereocenters. The lowest BCUT2D eigenvalue weighted by molar-refractivity contribution is 0.442. The fourth-order valence-electron chi connectivity index (χ4n) is 3.67. The molecular formula is C24H34O7S2. The van der Waals surface area contributed by atoms with Crippen LogP contribution in [-0.2, 0) is 26.7 Å². The maximum Gasteiger partial charge on any atom is 0.298 e. The molecule has 2 N–H and O–H groups in total. The summed E-state index contributed by atoms with van der Waals surface area (Å²) in [6.07, 6.45) is 12.4. The molecule has 2 aromatic rings. The van der Waals surface area contributed by atoms with Crippen LogP contribution in [-0.4, -0.2) is 25.9 Å². The van der Waals surface area contributed by atoms with Gasteiger partial charge in [0.05, 0.1) is 4.90 Å². The highest BCUT2D eigenvalue weighted by Gasteiger charge is 2.19. The van der Waals surface area contributed by atoms with E-state index in [2.05, 4.69) is 6.92 Å². The molecule has 0 amide bonds. The number of hydrogen-bond acceptors (Lipinski definition) is 5. The minimum atomic E-state index is -4.54. The Hall–Kier alpha value is -1.94. The van der Waals surface area contributed by atoms with Crippen molar-refractivity contribution < 1.29 is 30.7 Å². The van der Waals surface area contributed by atoms with E-state index in [1.165, 1.54) is 75.3 Å². The molecule has 0 saturated carbocycles. The smallest absolute Gasteiger partial charge is 0.298 e. The molecule has 33 heavy (non-hydrogen) atoms.